The molecular weight excluding hydrogens is 620 g/mol. The summed E-state index contributed by atoms with van der Waals surface area (Å²) in [6.45, 7) is 15.4. The van der Waals surface area contributed by atoms with E-state index in [4.69, 9.17) is 9.47 Å². The minimum absolute atomic E-state index is 0.0622. The Labute approximate surface area is 296 Å². The van der Waals surface area contributed by atoms with Crippen LogP contribution in [0.25, 0.3) is 0 Å². The highest BCUT2D eigenvalue weighted by Crippen LogP contribution is 2.47. The van der Waals surface area contributed by atoms with Crippen molar-refractivity contribution in [2.45, 2.75) is 105 Å². The molecule has 50 heavy (non-hydrogen) atoms. The Morgan fingerprint density at radius 1 is 0.740 bits per heavy atom. The minimum atomic E-state index is -0.905. The van der Waals surface area contributed by atoms with Crippen molar-refractivity contribution in [1.82, 2.24) is 19.9 Å². The molecule has 5 aromatic rings. The fourth-order valence-corrected chi connectivity index (χ4v) is 8.30. The summed E-state index contributed by atoms with van der Waals surface area (Å²) in [5.41, 5.74) is 12.0. The van der Waals surface area contributed by atoms with Crippen LogP contribution in [-0.2, 0) is 32.6 Å². The van der Waals surface area contributed by atoms with Gasteiger partial charge in [-0.2, -0.15) is 0 Å². The van der Waals surface area contributed by atoms with Crippen LogP contribution in [0.2, 0.25) is 0 Å². The van der Waals surface area contributed by atoms with E-state index >= 15 is 0 Å². The zero-order valence-corrected chi connectivity index (χ0v) is 30.4. The van der Waals surface area contributed by atoms with Gasteiger partial charge in [0.15, 0.2) is 11.5 Å². The molecule has 7 heteroatoms. The van der Waals surface area contributed by atoms with Crippen LogP contribution in [0.5, 0.6) is 11.5 Å². The summed E-state index contributed by atoms with van der Waals surface area (Å²) in [7, 11) is 0. The molecule has 1 N–H and O–H groups in total. The molecule has 1 fully saturated rings. The topological polar surface area (TPSA) is 72.6 Å². The molecule has 3 atom stereocenters. The van der Waals surface area contributed by atoms with E-state index in [1.165, 1.54) is 44.5 Å². The van der Waals surface area contributed by atoms with Crippen molar-refractivity contribution >= 4 is 0 Å². The Kier molecular flexibility index (Phi) is 9.55. The summed E-state index contributed by atoms with van der Waals surface area (Å²) in [4.78, 5) is 2.56. The lowest BCUT2D eigenvalue weighted by Gasteiger charge is -2.50. The fraction of sp³-hybridized carbons (Fsp3) is 0.395. The van der Waals surface area contributed by atoms with E-state index < -0.39 is 5.60 Å². The van der Waals surface area contributed by atoms with E-state index in [0.717, 1.165) is 41.3 Å². The van der Waals surface area contributed by atoms with Crippen LogP contribution in [0.15, 0.2) is 79.0 Å². The Morgan fingerprint density at radius 3 is 1.96 bits per heavy atom. The molecule has 7 rings (SSSR count). The number of aliphatic hydroxyl groups is 1. The molecule has 2 aliphatic heterocycles. The van der Waals surface area contributed by atoms with Gasteiger partial charge in [0.1, 0.15) is 13.2 Å². The second-order valence-electron chi connectivity index (χ2n) is 15.1. The van der Waals surface area contributed by atoms with Gasteiger partial charge in [-0.05, 0) is 101 Å². The largest absolute Gasteiger partial charge is 0.485 e. The van der Waals surface area contributed by atoms with Crippen molar-refractivity contribution in [3.05, 3.63) is 140 Å². The van der Waals surface area contributed by atoms with Gasteiger partial charge in [-0.25, -0.2) is 4.68 Å². The van der Waals surface area contributed by atoms with Gasteiger partial charge in [0.05, 0.1) is 17.8 Å². The molecule has 7 nitrogen and oxygen atoms in total. The van der Waals surface area contributed by atoms with Gasteiger partial charge in [0.25, 0.3) is 0 Å². The number of rotatable bonds is 10. The Morgan fingerprint density at radius 2 is 1.34 bits per heavy atom. The summed E-state index contributed by atoms with van der Waals surface area (Å²) in [6, 6.07) is 26.3. The quantitative estimate of drug-likeness (QED) is 0.162. The van der Waals surface area contributed by atoms with Crippen molar-refractivity contribution in [3.63, 3.8) is 0 Å². The van der Waals surface area contributed by atoms with Gasteiger partial charge in [-0.15, -0.1) is 5.10 Å². The zero-order chi connectivity index (χ0) is 35.0. The third kappa shape index (κ3) is 7.79. The normalized spacial score (nSPS) is 20.3. The Balaban J connectivity index is 1.15. The third-order valence-electron chi connectivity index (χ3n) is 10.3. The highest BCUT2D eigenvalue weighted by atomic mass is 16.5. The monoisotopic (exact) mass is 670 g/mol. The zero-order valence-electron chi connectivity index (χ0n) is 30.4. The molecule has 0 radical (unpaired) electrons. The van der Waals surface area contributed by atoms with Crippen LogP contribution >= 0.6 is 0 Å². The molecule has 0 amide bonds. The van der Waals surface area contributed by atoms with Gasteiger partial charge < -0.3 is 14.6 Å². The van der Waals surface area contributed by atoms with Crippen LogP contribution in [0.3, 0.4) is 0 Å². The summed E-state index contributed by atoms with van der Waals surface area (Å²) in [5, 5.41) is 21.1. The van der Waals surface area contributed by atoms with Gasteiger partial charge in [-0.1, -0.05) is 93.7 Å². The van der Waals surface area contributed by atoms with Crippen LogP contribution in [0, 0.1) is 34.6 Å². The van der Waals surface area contributed by atoms with E-state index in [2.05, 4.69) is 130 Å². The smallest absolute Gasteiger partial charge is 0.162 e. The first-order valence-electron chi connectivity index (χ1n) is 18.0. The molecule has 3 heterocycles. The van der Waals surface area contributed by atoms with E-state index in [9.17, 15) is 5.11 Å². The van der Waals surface area contributed by atoms with E-state index in [-0.39, 0.29) is 12.1 Å². The number of aromatic nitrogens is 3. The number of ether oxygens (including phenoxy) is 2. The summed E-state index contributed by atoms with van der Waals surface area (Å²) < 4.78 is 15.0. The molecule has 0 saturated carbocycles. The molecule has 1 saturated heterocycles. The predicted molar refractivity (Wildman–Crippen MR) is 198 cm³/mol. The molecule has 0 aliphatic carbocycles. The summed E-state index contributed by atoms with van der Waals surface area (Å²) in [5.74, 6) is 1.51. The molecule has 0 spiro atoms. The molecule has 4 aromatic carbocycles. The second kappa shape index (κ2) is 14.0. The number of hydrogen-bond donors (Lipinski definition) is 1. The first-order chi connectivity index (χ1) is 24.0. The lowest BCUT2D eigenvalue weighted by Crippen LogP contribution is -2.53. The number of hydrogen-bond acceptors (Lipinski definition) is 6. The van der Waals surface area contributed by atoms with Crippen molar-refractivity contribution in [1.29, 1.82) is 0 Å². The van der Waals surface area contributed by atoms with Crippen molar-refractivity contribution in [2.24, 2.45) is 0 Å². The first kappa shape index (κ1) is 34.0. The maximum absolute atomic E-state index is 12.2. The van der Waals surface area contributed by atoms with Crippen LogP contribution in [0.1, 0.15) is 87.1 Å². The first-order valence-corrected chi connectivity index (χ1v) is 18.0. The van der Waals surface area contributed by atoms with Crippen LogP contribution < -0.4 is 9.47 Å². The molecule has 0 unspecified atom stereocenters. The van der Waals surface area contributed by atoms with E-state index in [1.54, 1.807) is 0 Å². The standard InChI is InChI=1S/C43H50N4O3/c1-28-7-9-34(10-8-28)24-46-25-38(44-45-46)22-43(48)21-33(6)47-12-11-37-19-41(49-26-35-15-29(2)13-30(3)16-35)42(20-39(37)40(47)23-43)50-27-36-17-31(4)14-32(5)18-36/h7-10,13-20,25,33,40,48H,11-12,21-24,26-27H2,1-6H3/t33-,40+,43+/m0/s1. The van der Waals surface area contributed by atoms with E-state index in [1.807, 2.05) is 10.9 Å². The highest BCUT2D eigenvalue weighted by Gasteiger charge is 2.45. The Bertz CT molecular complexity index is 1940. The van der Waals surface area contributed by atoms with Crippen molar-refractivity contribution in [3.8, 4) is 11.5 Å². The number of nitrogens with zero attached hydrogens (tertiary/aromatic N) is 4. The maximum Gasteiger partial charge on any atom is 0.162 e. The average Bonchev–Trinajstić information content (AvgIpc) is 3.48. The van der Waals surface area contributed by atoms with Gasteiger partial charge >= 0.3 is 0 Å². The number of benzene rings is 4. The molecular formula is C43H50N4O3. The minimum Gasteiger partial charge on any atom is -0.485 e. The lowest BCUT2D eigenvalue weighted by molar-refractivity contribution is -0.0747. The molecule has 260 valence electrons. The fourth-order valence-electron chi connectivity index (χ4n) is 8.30. The summed E-state index contributed by atoms with van der Waals surface area (Å²) in [6.07, 6.45) is 4.70. The van der Waals surface area contributed by atoms with Crippen molar-refractivity contribution < 1.29 is 14.6 Å². The average molecular weight is 671 g/mol. The third-order valence-corrected chi connectivity index (χ3v) is 10.3. The maximum atomic E-state index is 12.2. The molecule has 2 aliphatic rings. The summed E-state index contributed by atoms with van der Waals surface area (Å²) >= 11 is 0. The highest BCUT2D eigenvalue weighted by molar-refractivity contribution is 5.50. The predicted octanol–water partition coefficient (Wildman–Crippen LogP) is 8.08. The van der Waals surface area contributed by atoms with Gasteiger partial charge in [0.2, 0.25) is 0 Å². The molecule has 0 bridgehead atoms. The SMILES string of the molecule is Cc1ccc(Cn2cc(C[C@@]3(O)C[C@@H]4c5cc(OCc6cc(C)cc(C)c6)c(OCc6cc(C)cc(C)c6)cc5CCN4[C@@H](C)C3)nn2)cc1. The number of fused-ring (bicyclic) bond motifs is 3. The van der Waals surface area contributed by atoms with Gasteiger partial charge in [-0.3, -0.25) is 4.90 Å². The van der Waals surface area contributed by atoms with Gasteiger partial charge in [0, 0.05) is 31.2 Å². The lowest BCUT2D eigenvalue weighted by atomic mass is 9.75. The molecule has 1 aromatic heterocycles. The van der Waals surface area contributed by atoms with Crippen LogP contribution in [0.4, 0.5) is 0 Å². The van der Waals surface area contributed by atoms with Crippen LogP contribution in [-0.4, -0.2) is 43.2 Å². The number of aryl methyl sites for hydroxylation is 5. The number of piperidine rings is 1. The van der Waals surface area contributed by atoms with Crippen molar-refractivity contribution in [2.75, 3.05) is 6.54 Å². The Hall–Kier alpha value is -4.46. The van der Waals surface area contributed by atoms with E-state index in [0.29, 0.717) is 39.0 Å². The second-order valence-corrected chi connectivity index (χ2v) is 15.1.